The lowest BCUT2D eigenvalue weighted by Gasteiger charge is -2.22. The number of benzene rings is 2. The second-order valence-corrected chi connectivity index (χ2v) is 5.28. The molecule has 0 bridgehead atoms. The zero-order valence-electron chi connectivity index (χ0n) is 12.2. The van der Waals surface area contributed by atoms with Gasteiger partial charge in [0.2, 0.25) is 0 Å². The van der Waals surface area contributed by atoms with E-state index in [0.717, 1.165) is 17.2 Å². The van der Waals surface area contributed by atoms with Crippen LogP contribution in [0.5, 0.6) is 0 Å². The first-order valence-electron chi connectivity index (χ1n) is 6.84. The number of aryl methyl sites for hydroxylation is 1. The number of hydrogen-bond donors (Lipinski definition) is 1. The Morgan fingerprint density at radius 1 is 1.10 bits per heavy atom. The summed E-state index contributed by atoms with van der Waals surface area (Å²) in [6, 6.07) is 11.8. The highest BCUT2D eigenvalue weighted by Gasteiger charge is 2.17. The van der Waals surface area contributed by atoms with E-state index in [-0.39, 0.29) is 12.1 Å². The summed E-state index contributed by atoms with van der Waals surface area (Å²) < 4.78 is 26.8. The summed E-state index contributed by atoms with van der Waals surface area (Å²) in [5, 5.41) is 10.1. The summed E-state index contributed by atoms with van der Waals surface area (Å²) in [6.45, 7) is 2.89. The smallest absolute Gasteiger partial charge is 0.164 e. The van der Waals surface area contributed by atoms with Crippen LogP contribution >= 0.6 is 0 Å². The van der Waals surface area contributed by atoms with Gasteiger partial charge in [-0.2, -0.15) is 0 Å². The van der Waals surface area contributed by atoms with Crippen molar-refractivity contribution < 1.29 is 13.9 Å². The van der Waals surface area contributed by atoms with E-state index in [0.29, 0.717) is 6.54 Å². The monoisotopic (exact) mass is 291 g/mol. The first-order chi connectivity index (χ1) is 9.99. The van der Waals surface area contributed by atoms with Crippen LogP contribution in [0.3, 0.4) is 0 Å². The van der Waals surface area contributed by atoms with E-state index in [1.165, 1.54) is 12.1 Å². The number of aliphatic hydroxyl groups is 1. The lowest BCUT2D eigenvalue weighted by atomic mass is 10.1. The molecule has 1 unspecified atom stereocenters. The highest BCUT2D eigenvalue weighted by molar-refractivity contribution is 5.25. The third kappa shape index (κ3) is 3.86. The minimum Gasteiger partial charge on any atom is -0.387 e. The highest BCUT2D eigenvalue weighted by Crippen LogP contribution is 2.20. The Bertz CT molecular complexity index is 615. The maximum atomic E-state index is 13.6. The Balaban J connectivity index is 2.04. The molecule has 0 fully saturated rings. The first kappa shape index (κ1) is 15.6. The molecule has 0 aromatic heterocycles. The van der Waals surface area contributed by atoms with Gasteiger partial charge in [0.25, 0.3) is 0 Å². The van der Waals surface area contributed by atoms with Gasteiger partial charge >= 0.3 is 0 Å². The lowest BCUT2D eigenvalue weighted by molar-refractivity contribution is 0.119. The molecule has 1 atom stereocenters. The Morgan fingerprint density at radius 3 is 2.52 bits per heavy atom. The molecule has 0 heterocycles. The van der Waals surface area contributed by atoms with Crippen LogP contribution in [0.1, 0.15) is 22.8 Å². The van der Waals surface area contributed by atoms with Gasteiger partial charge in [0, 0.05) is 18.7 Å². The molecule has 0 aliphatic rings. The van der Waals surface area contributed by atoms with Crippen LogP contribution in [-0.2, 0) is 6.54 Å². The fourth-order valence-corrected chi connectivity index (χ4v) is 2.31. The van der Waals surface area contributed by atoms with E-state index < -0.39 is 17.7 Å². The van der Waals surface area contributed by atoms with E-state index in [2.05, 4.69) is 0 Å². The molecule has 0 saturated carbocycles. The minimum atomic E-state index is -1.06. The minimum absolute atomic E-state index is 0.00775. The maximum absolute atomic E-state index is 13.6. The van der Waals surface area contributed by atoms with Crippen molar-refractivity contribution >= 4 is 0 Å². The summed E-state index contributed by atoms with van der Waals surface area (Å²) in [5.74, 6) is -1.91. The van der Waals surface area contributed by atoms with Gasteiger partial charge in [-0.1, -0.05) is 36.4 Å². The molecule has 0 spiro atoms. The summed E-state index contributed by atoms with van der Waals surface area (Å²) in [6.07, 6.45) is -1.06. The van der Waals surface area contributed by atoms with Crippen molar-refractivity contribution in [1.29, 1.82) is 0 Å². The van der Waals surface area contributed by atoms with Crippen molar-refractivity contribution in [1.82, 2.24) is 4.90 Å². The average molecular weight is 291 g/mol. The van der Waals surface area contributed by atoms with Crippen LogP contribution in [0.4, 0.5) is 8.78 Å². The summed E-state index contributed by atoms with van der Waals surface area (Å²) in [4.78, 5) is 1.89. The Hall–Kier alpha value is -1.78. The molecule has 112 valence electrons. The van der Waals surface area contributed by atoms with Gasteiger partial charge in [-0.25, -0.2) is 8.78 Å². The SMILES string of the molecule is Cc1ccccc1CN(C)CC(O)c1cccc(F)c1F. The van der Waals surface area contributed by atoms with Gasteiger partial charge in [-0.05, 0) is 31.2 Å². The van der Waals surface area contributed by atoms with Crippen molar-refractivity contribution in [3.63, 3.8) is 0 Å². The lowest BCUT2D eigenvalue weighted by Crippen LogP contribution is -2.25. The molecule has 2 aromatic rings. The van der Waals surface area contributed by atoms with E-state index in [4.69, 9.17) is 0 Å². The molecule has 0 aliphatic carbocycles. The van der Waals surface area contributed by atoms with Crippen LogP contribution in [0.25, 0.3) is 0 Å². The van der Waals surface area contributed by atoms with Gasteiger partial charge < -0.3 is 5.11 Å². The summed E-state index contributed by atoms with van der Waals surface area (Å²) in [5.41, 5.74) is 2.30. The average Bonchev–Trinajstić information content (AvgIpc) is 2.44. The summed E-state index contributed by atoms with van der Waals surface area (Å²) in [7, 11) is 1.84. The van der Waals surface area contributed by atoms with Crippen LogP contribution < -0.4 is 0 Å². The van der Waals surface area contributed by atoms with E-state index in [1.807, 2.05) is 43.1 Å². The van der Waals surface area contributed by atoms with Crippen molar-refractivity contribution in [3.8, 4) is 0 Å². The van der Waals surface area contributed by atoms with Crippen LogP contribution in [0.2, 0.25) is 0 Å². The molecule has 0 saturated heterocycles. The Kier molecular flexibility index (Phi) is 5.04. The number of likely N-dealkylation sites (N-methyl/N-ethyl adjacent to an activating group) is 1. The van der Waals surface area contributed by atoms with Crippen molar-refractivity contribution in [2.75, 3.05) is 13.6 Å². The Labute approximate surface area is 123 Å². The van der Waals surface area contributed by atoms with Gasteiger partial charge in [-0.15, -0.1) is 0 Å². The molecular weight excluding hydrogens is 272 g/mol. The van der Waals surface area contributed by atoms with E-state index >= 15 is 0 Å². The number of aliphatic hydroxyl groups excluding tert-OH is 1. The maximum Gasteiger partial charge on any atom is 0.164 e. The fourth-order valence-electron chi connectivity index (χ4n) is 2.31. The van der Waals surface area contributed by atoms with Crippen LogP contribution in [-0.4, -0.2) is 23.6 Å². The highest BCUT2D eigenvalue weighted by atomic mass is 19.2. The largest absolute Gasteiger partial charge is 0.387 e. The number of rotatable bonds is 5. The predicted octanol–water partition coefficient (Wildman–Crippen LogP) is 3.44. The second kappa shape index (κ2) is 6.78. The second-order valence-electron chi connectivity index (χ2n) is 5.28. The van der Waals surface area contributed by atoms with Crippen molar-refractivity contribution in [2.24, 2.45) is 0 Å². The fraction of sp³-hybridized carbons (Fsp3) is 0.294. The molecule has 0 amide bonds. The van der Waals surface area contributed by atoms with E-state index in [1.54, 1.807) is 0 Å². The molecule has 21 heavy (non-hydrogen) atoms. The van der Waals surface area contributed by atoms with Crippen molar-refractivity contribution in [3.05, 3.63) is 70.8 Å². The molecule has 1 N–H and O–H groups in total. The van der Waals surface area contributed by atoms with Gasteiger partial charge in [0.05, 0.1) is 6.10 Å². The zero-order valence-corrected chi connectivity index (χ0v) is 12.2. The van der Waals surface area contributed by atoms with E-state index in [9.17, 15) is 13.9 Å². The quantitative estimate of drug-likeness (QED) is 0.912. The van der Waals surface area contributed by atoms with Gasteiger partial charge in [0.1, 0.15) is 0 Å². The standard InChI is InChI=1S/C17H19F2NO/c1-12-6-3-4-7-13(12)10-20(2)11-16(21)14-8-5-9-15(18)17(14)19/h3-9,16,21H,10-11H2,1-2H3. The molecule has 0 aliphatic heterocycles. The third-order valence-corrected chi connectivity index (χ3v) is 3.53. The molecule has 2 rings (SSSR count). The molecule has 2 aromatic carbocycles. The van der Waals surface area contributed by atoms with Crippen LogP contribution in [0.15, 0.2) is 42.5 Å². The van der Waals surface area contributed by atoms with Crippen LogP contribution in [0, 0.1) is 18.6 Å². The third-order valence-electron chi connectivity index (χ3n) is 3.53. The molecule has 0 radical (unpaired) electrons. The first-order valence-corrected chi connectivity index (χ1v) is 6.84. The van der Waals surface area contributed by atoms with Gasteiger partial charge in [-0.3, -0.25) is 4.90 Å². The Morgan fingerprint density at radius 2 is 1.81 bits per heavy atom. The predicted molar refractivity (Wildman–Crippen MR) is 78.8 cm³/mol. The molecule has 2 nitrogen and oxygen atoms in total. The molecular formula is C17H19F2NO. The van der Waals surface area contributed by atoms with Crippen molar-refractivity contribution in [2.45, 2.75) is 19.6 Å². The summed E-state index contributed by atoms with van der Waals surface area (Å²) >= 11 is 0. The number of halogens is 2. The number of nitrogens with zero attached hydrogens (tertiary/aromatic N) is 1. The normalized spacial score (nSPS) is 12.7. The zero-order chi connectivity index (χ0) is 15.4. The topological polar surface area (TPSA) is 23.5 Å². The molecule has 4 heteroatoms. The number of hydrogen-bond acceptors (Lipinski definition) is 2. The van der Waals surface area contributed by atoms with Gasteiger partial charge in [0.15, 0.2) is 11.6 Å².